The van der Waals surface area contributed by atoms with Gasteiger partial charge in [-0.3, -0.25) is 24.9 Å². The molecule has 14 heteroatoms. The highest BCUT2D eigenvalue weighted by Crippen LogP contribution is 2.47. The van der Waals surface area contributed by atoms with Gasteiger partial charge in [-0.1, -0.05) is 425 Å². The standard InChI is InChI=1S/C46H30N4.2C45H29N5/c1-4-14-32(15-5-1)41-30-42(49-46(48-41)35-18-8-3-9-19-35)33-27-25-31(26-28-33)36-20-12-23-39-43-37(40-24-10-11-29-47-40)21-13-22-38(43)44(50-45(36)39)34-16-6-2-7-17-34;1-4-14-31(15-5-1)41-37-22-13-21-36(39-24-10-11-29-46-39)40(37)38-23-12-20-35(42(38)47-41)30-25-27-34(28-26-30)45-49-43(32-16-6-2-7-17-32)48-44(50-45)33-18-8-3-9-19-33;1-2-12-32(13-3-1)44-36-16-11-15-35(38-18-4-7-25-46-38)43(36)37-17-10-14-34(45(37)50-44)31-23-21-30(22-24-31)33-28-41(39-19-5-8-26-47-39)49-42(29-33)40-20-6-9-27-48-40/h1-30H;2*1-29H. The van der Waals surface area contributed by atoms with Crippen molar-refractivity contribution in [2.45, 2.75) is 0 Å². The monoisotopic (exact) mass is 1920 g/mol. The SMILES string of the molecule is c1ccc(-c2cc(-c3ccc(-c4cccc5c4nc(-c4ccccc4)c4cccc(-c6ccccn6)c45)cc3)nc(-c3ccccc3)n2)cc1.c1ccc(-c2nc(-c3ccccc3)nc(-c3ccc(-c4cccc5c4nc(-c4ccccc4)c4cccc(-c6ccccn6)c45)cc3)n2)cc1.c1ccc(-c2nc3c(-c4ccc(-c5cc(-c6ccccn6)nc(-c6ccccn6)c5)cc4)cccc3c3c(-c4ccccn4)cccc23)cc1. The Kier molecular flexibility index (Phi) is 24.9. The minimum Gasteiger partial charge on any atom is -0.256 e. The van der Waals surface area contributed by atoms with Gasteiger partial charge in [0.05, 0.1) is 84.9 Å². The number of para-hydroxylation sites is 3. The Morgan fingerprint density at radius 1 is 0.113 bits per heavy atom. The van der Waals surface area contributed by atoms with Crippen LogP contribution in [-0.2, 0) is 0 Å². The summed E-state index contributed by atoms with van der Waals surface area (Å²) in [7, 11) is 0. The molecule has 0 radical (unpaired) electrons. The van der Waals surface area contributed by atoms with Crippen LogP contribution in [-0.4, -0.2) is 69.8 Å². The van der Waals surface area contributed by atoms with Crippen molar-refractivity contribution in [3.63, 3.8) is 0 Å². The van der Waals surface area contributed by atoms with Crippen molar-refractivity contribution in [2.75, 3.05) is 0 Å². The van der Waals surface area contributed by atoms with Crippen LogP contribution in [0.3, 0.4) is 0 Å². The van der Waals surface area contributed by atoms with Crippen LogP contribution in [0.5, 0.6) is 0 Å². The van der Waals surface area contributed by atoms with Gasteiger partial charge in [0, 0.05) is 163 Å². The second-order valence-corrected chi connectivity index (χ2v) is 36.4. The van der Waals surface area contributed by atoms with Gasteiger partial charge in [-0.25, -0.2) is 44.9 Å². The number of aromatic nitrogens is 14. The molecular weight excluding hydrogens is 1830 g/mol. The number of benzene rings is 16. The first-order valence-corrected chi connectivity index (χ1v) is 49.9. The van der Waals surface area contributed by atoms with E-state index >= 15 is 0 Å². The molecule has 0 aliphatic rings. The summed E-state index contributed by atoms with van der Waals surface area (Å²) in [5.74, 6) is 2.60. The second-order valence-electron chi connectivity index (χ2n) is 36.4. The van der Waals surface area contributed by atoms with Crippen LogP contribution in [0.4, 0.5) is 0 Å². The predicted molar refractivity (Wildman–Crippen MR) is 611 cm³/mol. The van der Waals surface area contributed by atoms with Crippen LogP contribution in [0.25, 0.3) is 268 Å². The highest BCUT2D eigenvalue weighted by Gasteiger charge is 2.25. The van der Waals surface area contributed by atoms with Crippen molar-refractivity contribution in [2.24, 2.45) is 0 Å². The average molecular weight is 1920 g/mol. The topological polar surface area (TPSA) is 180 Å². The number of hydrogen-bond acceptors (Lipinski definition) is 14. The van der Waals surface area contributed by atoms with Crippen LogP contribution >= 0.6 is 0 Å². The molecule has 0 bridgehead atoms. The van der Waals surface area contributed by atoms with E-state index in [1.807, 2.05) is 207 Å². The van der Waals surface area contributed by atoms with Gasteiger partial charge in [0.25, 0.3) is 0 Å². The molecule has 0 saturated heterocycles. The molecule has 0 amide bonds. The van der Waals surface area contributed by atoms with Gasteiger partial charge in [0.1, 0.15) is 0 Å². The smallest absolute Gasteiger partial charge is 0.164 e. The maximum atomic E-state index is 5.41. The lowest BCUT2D eigenvalue weighted by atomic mass is 9.92. The molecule has 11 aromatic heterocycles. The highest BCUT2D eigenvalue weighted by molar-refractivity contribution is 6.22. The fraction of sp³-hybridized carbons (Fsp3) is 0. The molecule has 14 nitrogen and oxygen atoms in total. The maximum Gasteiger partial charge on any atom is 0.164 e. The molecule has 27 rings (SSSR count). The Balaban J connectivity index is 0.000000116. The third kappa shape index (κ3) is 18.4. The van der Waals surface area contributed by atoms with Gasteiger partial charge in [-0.2, -0.15) is 0 Å². The number of pyridine rings is 9. The van der Waals surface area contributed by atoms with Gasteiger partial charge in [0.2, 0.25) is 0 Å². The van der Waals surface area contributed by atoms with Crippen molar-refractivity contribution in [3.05, 3.63) is 534 Å². The van der Waals surface area contributed by atoms with Crippen molar-refractivity contribution < 1.29 is 0 Å². The summed E-state index contributed by atoms with van der Waals surface area (Å²) in [6, 6.07) is 173. The van der Waals surface area contributed by atoms with E-state index in [-0.39, 0.29) is 0 Å². The largest absolute Gasteiger partial charge is 0.256 e. The van der Waals surface area contributed by atoms with Crippen LogP contribution < -0.4 is 0 Å². The Bertz CT molecular complexity index is 8530. The lowest BCUT2D eigenvalue weighted by molar-refractivity contribution is 1.07. The molecule has 150 heavy (non-hydrogen) atoms. The van der Waals surface area contributed by atoms with Gasteiger partial charge < -0.3 is 0 Å². The summed E-state index contributed by atoms with van der Waals surface area (Å²) in [6.45, 7) is 0. The first-order chi connectivity index (χ1) is 74.4. The van der Waals surface area contributed by atoms with E-state index in [1.165, 1.54) is 0 Å². The zero-order valence-corrected chi connectivity index (χ0v) is 81.1. The predicted octanol–water partition coefficient (Wildman–Crippen LogP) is 33.5. The molecule has 0 aliphatic carbocycles. The second kappa shape index (κ2) is 41.1. The van der Waals surface area contributed by atoms with Gasteiger partial charge >= 0.3 is 0 Å². The Morgan fingerprint density at radius 2 is 0.347 bits per heavy atom. The number of nitrogens with zero attached hydrogens (tertiary/aromatic N) is 14. The highest BCUT2D eigenvalue weighted by atomic mass is 15.0. The minimum absolute atomic E-state index is 0.623. The quantitative estimate of drug-likeness (QED) is 0.0740. The van der Waals surface area contributed by atoms with E-state index in [1.54, 1.807) is 12.4 Å². The first-order valence-electron chi connectivity index (χ1n) is 49.9. The zero-order chi connectivity index (χ0) is 99.8. The molecule has 702 valence electrons. The molecule has 0 saturated carbocycles. The summed E-state index contributed by atoms with van der Waals surface area (Å²) in [5.41, 5.74) is 34.4. The van der Waals surface area contributed by atoms with E-state index in [0.29, 0.717) is 23.3 Å². The van der Waals surface area contributed by atoms with E-state index in [4.69, 9.17) is 59.8 Å². The summed E-state index contributed by atoms with van der Waals surface area (Å²) in [5, 5.41) is 10.0. The molecule has 0 aliphatic heterocycles. The van der Waals surface area contributed by atoms with E-state index in [0.717, 1.165) is 245 Å². The molecule has 11 heterocycles. The molecule has 0 spiro atoms. The normalized spacial score (nSPS) is 11.2. The van der Waals surface area contributed by atoms with Crippen molar-refractivity contribution in [1.29, 1.82) is 0 Å². The Morgan fingerprint density at radius 3 is 0.647 bits per heavy atom. The molecule has 0 fully saturated rings. The van der Waals surface area contributed by atoms with Crippen LogP contribution in [0.2, 0.25) is 0 Å². The average Bonchev–Trinajstić information content (AvgIpc) is 0.740. The molecule has 0 N–H and O–H groups in total. The first kappa shape index (κ1) is 90.8. The Labute approximate surface area is 866 Å². The summed E-state index contributed by atoms with van der Waals surface area (Å²) in [6.07, 6.45) is 9.14. The van der Waals surface area contributed by atoms with Crippen LogP contribution in [0.1, 0.15) is 0 Å². The van der Waals surface area contributed by atoms with Gasteiger partial charge in [-0.05, 0) is 107 Å². The maximum absolute atomic E-state index is 5.41. The molecule has 0 unspecified atom stereocenters. The lowest BCUT2D eigenvalue weighted by Gasteiger charge is -2.16. The van der Waals surface area contributed by atoms with Crippen molar-refractivity contribution in [1.82, 2.24) is 69.8 Å². The third-order valence-corrected chi connectivity index (χ3v) is 27.2. The number of fused-ring (bicyclic) bond motifs is 9. The van der Waals surface area contributed by atoms with Gasteiger partial charge in [0.15, 0.2) is 23.3 Å². The molecule has 16 aromatic carbocycles. The third-order valence-electron chi connectivity index (χ3n) is 27.2. The van der Waals surface area contributed by atoms with E-state index in [2.05, 4.69) is 325 Å². The van der Waals surface area contributed by atoms with Crippen molar-refractivity contribution in [3.8, 4) is 203 Å². The van der Waals surface area contributed by atoms with E-state index < -0.39 is 0 Å². The fourth-order valence-corrected chi connectivity index (χ4v) is 20.0. The van der Waals surface area contributed by atoms with E-state index in [9.17, 15) is 0 Å². The summed E-state index contributed by atoms with van der Waals surface area (Å²) >= 11 is 0. The Hall–Kier alpha value is -20.5. The number of hydrogen-bond donors (Lipinski definition) is 0. The van der Waals surface area contributed by atoms with Crippen molar-refractivity contribution >= 4 is 65.0 Å². The fourth-order valence-electron chi connectivity index (χ4n) is 20.0. The zero-order valence-electron chi connectivity index (χ0n) is 81.1. The molecule has 27 aromatic rings. The van der Waals surface area contributed by atoms with Crippen LogP contribution in [0, 0.1) is 0 Å². The summed E-state index contributed by atoms with van der Waals surface area (Å²) < 4.78 is 0. The summed E-state index contributed by atoms with van der Waals surface area (Å²) in [4.78, 5) is 69.3. The molecule has 0 atom stereocenters. The van der Waals surface area contributed by atoms with Crippen LogP contribution in [0.15, 0.2) is 534 Å². The lowest BCUT2D eigenvalue weighted by Crippen LogP contribution is -2.00. The number of rotatable bonds is 18. The molecular formula is C136H88N14. The van der Waals surface area contributed by atoms with Gasteiger partial charge in [-0.15, -0.1) is 0 Å². The minimum atomic E-state index is 0.623.